The predicted molar refractivity (Wildman–Crippen MR) is 61.1 cm³/mol. The molecule has 16 heavy (non-hydrogen) atoms. The summed E-state index contributed by atoms with van der Waals surface area (Å²) < 4.78 is 5.02. The van der Waals surface area contributed by atoms with Crippen LogP contribution in [0.1, 0.15) is 0 Å². The van der Waals surface area contributed by atoms with Crippen LogP contribution < -0.4 is 21.5 Å². The minimum atomic E-state index is -1.22. The van der Waals surface area contributed by atoms with Gasteiger partial charge in [-0.2, -0.15) is 0 Å². The van der Waals surface area contributed by atoms with Crippen LogP contribution in [0.5, 0.6) is 5.75 Å². The highest BCUT2D eigenvalue weighted by molar-refractivity contribution is 5.79. The van der Waals surface area contributed by atoms with Crippen LogP contribution in [0.25, 0.3) is 0 Å². The summed E-state index contributed by atoms with van der Waals surface area (Å²) in [5.74, 6) is -0.242. The molecule has 0 saturated heterocycles. The average molecular weight is 225 g/mol. The molecule has 0 heterocycles. The molecule has 0 saturated carbocycles. The van der Waals surface area contributed by atoms with E-state index < -0.39 is 12.0 Å². The van der Waals surface area contributed by atoms with Crippen molar-refractivity contribution in [3.8, 4) is 5.75 Å². The van der Waals surface area contributed by atoms with Crippen LogP contribution in [0.15, 0.2) is 18.2 Å². The van der Waals surface area contributed by atoms with Crippen molar-refractivity contribution in [3.63, 3.8) is 0 Å². The Morgan fingerprint density at radius 2 is 2.31 bits per heavy atom. The smallest absolute Gasteiger partial charge is 0.248 e. The average Bonchev–Trinajstić information content (AvgIpc) is 2.27. The number of nitrogen functional groups attached to an aromatic ring is 1. The minimum absolute atomic E-state index is 0.0441. The molecule has 1 rings (SSSR count). The fraction of sp³-hybridized carbons (Fsp3) is 0.300. The van der Waals surface area contributed by atoms with Crippen molar-refractivity contribution >= 4 is 17.3 Å². The van der Waals surface area contributed by atoms with Gasteiger partial charge in [-0.1, -0.05) is 0 Å². The fourth-order valence-corrected chi connectivity index (χ4v) is 1.14. The van der Waals surface area contributed by atoms with Gasteiger partial charge >= 0.3 is 0 Å². The molecular formula is C10H15N3O3. The van der Waals surface area contributed by atoms with E-state index >= 15 is 0 Å². The maximum absolute atomic E-state index is 10.6. The molecular weight excluding hydrogens is 210 g/mol. The summed E-state index contributed by atoms with van der Waals surface area (Å²) in [5, 5.41) is 12.0. The molecule has 0 bridgehead atoms. The number of hydrogen-bond donors (Lipinski definition) is 4. The summed E-state index contributed by atoms with van der Waals surface area (Å²) in [6, 6.07) is 5.05. The summed E-state index contributed by atoms with van der Waals surface area (Å²) in [4.78, 5) is 10.6. The lowest BCUT2D eigenvalue weighted by atomic mass is 10.2. The van der Waals surface area contributed by atoms with Crippen LogP contribution in [0, 0.1) is 0 Å². The zero-order valence-corrected chi connectivity index (χ0v) is 8.93. The van der Waals surface area contributed by atoms with Crippen LogP contribution >= 0.6 is 0 Å². The van der Waals surface area contributed by atoms with Crippen LogP contribution in [-0.2, 0) is 4.79 Å². The number of carbonyl (C=O) groups excluding carboxylic acids is 1. The van der Waals surface area contributed by atoms with E-state index in [0.717, 1.165) is 0 Å². The third-order valence-corrected chi connectivity index (χ3v) is 2.06. The first-order chi connectivity index (χ1) is 7.54. The number of methoxy groups -OCH3 is 1. The number of rotatable bonds is 5. The van der Waals surface area contributed by atoms with Gasteiger partial charge in [0.05, 0.1) is 12.8 Å². The number of aliphatic hydroxyl groups excluding tert-OH is 1. The molecule has 88 valence electrons. The van der Waals surface area contributed by atoms with E-state index in [1.54, 1.807) is 18.2 Å². The lowest BCUT2D eigenvalue weighted by molar-refractivity contribution is -0.125. The number of aliphatic hydroxyl groups is 1. The van der Waals surface area contributed by atoms with Crippen molar-refractivity contribution in [2.75, 3.05) is 24.7 Å². The molecule has 0 aliphatic rings. The van der Waals surface area contributed by atoms with Crippen molar-refractivity contribution in [1.29, 1.82) is 0 Å². The van der Waals surface area contributed by atoms with Gasteiger partial charge in [-0.3, -0.25) is 4.79 Å². The zero-order chi connectivity index (χ0) is 12.1. The minimum Gasteiger partial charge on any atom is -0.495 e. The highest BCUT2D eigenvalue weighted by atomic mass is 16.5. The number of anilines is 2. The summed E-state index contributed by atoms with van der Waals surface area (Å²) in [6.07, 6.45) is -1.22. The Morgan fingerprint density at radius 1 is 1.62 bits per heavy atom. The maximum Gasteiger partial charge on any atom is 0.248 e. The molecule has 6 N–H and O–H groups in total. The third kappa shape index (κ3) is 3.03. The van der Waals surface area contributed by atoms with Crippen molar-refractivity contribution in [2.45, 2.75) is 6.10 Å². The summed E-state index contributed by atoms with van der Waals surface area (Å²) >= 11 is 0. The molecule has 0 fully saturated rings. The third-order valence-electron chi connectivity index (χ3n) is 2.06. The van der Waals surface area contributed by atoms with Gasteiger partial charge in [0, 0.05) is 18.3 Å². The van der Waals surface area contributed by atoms with E-state index in [4.69, 9.17) is 16.2 Å². The van der Waals surface area contributed by atoms with Gasteiger partial charge in [-0.25, -0.2) is 0 Å². The summed E-state index contributed by atoms with van der Waals surface area (Å²) in [6.45, 7) is 0.0441. The van der Waals surface area contributed by atoms with E-state index in [0.29, 0.717) is 17.1 Å². The molecule has 0 aliphatic heterocycles. The number of carbonyl (C=O) groups is 1. The fourth-order valence-electron chi connectivity index (χ4n) is 1.14. The molecule has 0 spiro atoms. The quantitative estimate of drug-likeness (QED) is 0.506. The van der Waals surface area contributed by atoms with Crippen molar-refractivity contribution in [3.05, 3.63) is 18.2 Å². The molecule has 1 atom stereocenters. The van der Waals surface area contributed by atoms with Gasteiger partial charge in [-0.15, -0.1) is 0 Å². The van der Waals surface area contributed by atoms with Crippen molar-refractivity contribution in [1.82, 2.24) is 0 Å². The second-order valence-electron chi connectivity index (χ2n) is 3.26. The van der Waals surface area contributed by atoms with Crippen LogP contribution in [-0.4, -0.2) is 30.8 Å². The second-order valence-corrected chi connectivity index (χ2v) is 3.26. The Labute approximate surface area is 93.2 Å². The largest absolute Gasteiger partial charge is 0.495 e. The van der Waals surface area contributed by atoms with Crippen LogP contribution in [0.4, 0.5) is 11.4 Å². The Bertz CT molecular complexity index is 382. The SMILES string of the molecule is COc1cc(NCC(O)C(N)=O)ccc1N. The first-order valence-corrected chi connectivity index (χ1v) is 4.69. The van der Waals surface area contributed by atoms with E-state index in [9.17, 15) is 9.90 Å². The Balaban J connectivity index is 2.64. The molecule has 0 radical (unpaired) electrons. The van der Waals surface area contributed by atoms with Crippen molar-refractivity contribution < 1.29 is 14.6 Å². The topological polar surface area (TPSA) is 111 Å². The number of ether oxygens (including phenoxy) is 1. The molecule has 1 amide bonds. The number of amides is 1. The predicted octanol–water partition coefficient (Wildman–Crippen LogP) is -0.465. The van der Waals surface area contributed by atoms with Gasteiger partial charge in [0.25, 0.3) is 0 Å². The molecule has 6 nitrogen and oxygen atoms in total. The highest BCUT2D eigenvalue weighted by Crippen LogP contribution is 2.24. The monoisotopic (exact) mass is 225 g/mol. The standard InChI is InChI=1S/C10H15N3O3/c1-16-9-4-6(2-3-7(9)11)13-5-8(14)10(12)15/h2-4,8,13-14H,5,11H2,1H3,(H2,12,15). The summed E-state index contributed by atoms with van der Waals surface area (Å²) in [5.41, 5.74) is 11.7. The van der Waals surface area contributed by atoms with Crippen molar-refractivity contribution in [2.24, 2.45) is 5.73 Å². The number of hydrogen-bond acceptors (Lipinski definition) is 5. The molecule has 0 aliphatic carbocycles. The highest BCUT2D eigenvalue weighted by Gasteiger charge is 2.10. The van der Waals surface area contributed by atoms with E-state index in [1.165, 1.54) is 7.11 Å². The molecule has 1 unspecified atom stereocenters. The molecule has 6 heteroatoms. The molecule has 1 aromatic carbocycles. The van der Waals surface area contributed by atoms with Gasteiger partial charge in [0.1, 0.15) is 11.9 Å². The first-order valence-electron chi connectivity index (χ1n) is 4.69. The normalized spacial score (nSPS) is 11.9. The molecule has 0 aromatic heterocycles. The van der Waals surface area contributed by atoms with Gasteiger partial charge in [0.2, 0.25) is 5.91 Å². The second kappa shape index (κ2) is 5.22. The lowest BCUT2D eigenvalue weighted by Crippen LogP contribution is -2.34. The summed E-state index contributed by atoms with van der Waals surface area (Å²) in [7, 11) is 1.51. The number of benzene rings is 1. The zero-order valence-electron chi connectivity index (χ0n) is 8.93. The Kier molecular flexibility index (Phi) is 3.96. The van der Waals surface area contributed by atoms with Crippen LogP contribution in [0.2, 0.25) is 0 Å². The van der Waals surface area contributed by atoms with E-state index in [-0.39, 0.29) is 6.54 Å². The molecule has 1 aromatic rings. The Hall–Kier alpha value is -1.95. The number of nitrogens with one attached hydrogen (secondary N) is 1. The van der Waals surface area contributed by atoms with Gasteiger partial charge in [0.15, 0.2) is 0 Å². The Morgan fingerprint density at radius 3 is 2.88 bits per heavy atom. The van der Waals surface area contributed by atoms with E-state index in [2.05, 4.69) is 5.32 Å². The first kappa shape index (κ1) is 12.1. The van der Waals surface area contributed by atoms with Gasteiger partial charge < -0.3 is 26.6 Å². The van der Waals surface area contributed by atoms with Crippen LogP contribution in [0.3, 0.4) is 0 Å². The van der Waals surface area contributed by atoms with E-state index in [1.807, 2.05) is 0 Å². The number of primary amides is 1. The van der Waals surface area contributed by atoms with Gasteiger partial charge in [-0.05, 0) is 12.1 Å². The lowest BCUT2D eigenvalue weighted by Gasteiger charge is -2.11. The number of nitrogens with two attached hydrogens (primary N) is 2. The maximum atomic E-state index is 10.6.